The lowest BCUT2D eigenvalue weighted by atomic mass is 10.3. The van der Waals surface area contributed by atoms with Crippen molar-refractivity contribution in [2.24, 2.45) is 7.05 Å². The number of fused-ring (bicyclic) bond motifs is 2. The van der Waals surface area contributed by atoms with Crippen LogP contribution in [0.4, 0.5) is 20.8 Å². The van der Waals surface area contributed by atoms with Gasteiger partial charge in [-0.2, -0.15) is 0 Å². The van der Waals surface area contributed by atoms with Crippen LogP contribution in [0.15, 0.2) is 34.3 Å². The minimum atomic E-state index is -0.667. The number of anilines is 2. The number of nitrogens with one attached hydrogen (secondary N) is 2. The van der Waals surface area contributed by atoms with Crippen molar-refractivity contribution in [2.75, 3.05) is 42.2 Å². The van der Waals surface area contributed by atoms with Crippen molar-refractivity contribution in [2.45, 2.75) is 11.1 Å². The summed E-state index contributed by atoms with van der Waals surface area (Å²) < 4.78 is 26.6. The van der Waals surface area contributed by atoms with Gasteiger partial charge in [-0.15, -0.1) is 0 Å². The quantitative estimate of drug-likeness (QED) is 0.449. The maximum atomic E-state index is 14.3. The zero-order valence-electron chi connectivity index (χ0n) is 18.5. The Bertz CT molecular complexity index is 1380. The Labute approximate surface area is 201 Å². The van der Waals surface area contributed by atoms with E-state index < -0.39 is 18.0 Å². The van der Waals surface area contributed by atoms with Gasteiger partial charge in [0.15, 0.2) is 23.2 Å². The molecule has 5 rings (SSSR count). The molecule has 2 aliphatic rings. The van der Waals surface area contributed by atoms with E-state index in [1.54, 1.807) is 0 Å². The van der Waals surface area contributed by atoms with Crippen LogP contribution in [-0.2, 0) is 16.6 Å². The van der Waals surface area contributed by atoms with E-state index in [-0.39, 0.29) is 47.5 Å². The van der Waals surface area contributed by atoms with E-state index in [4.69, 9.17) is 9.47 Å². The maximum Gasteiger partial charge on any atom is 0.416 e. The van der Waals surface area contributed by atoms with Crippen LogP contribution in [0.1, 0.15) is 0 Å². The van der Waals surface area contributed by atoms with Crippen molar-refractivity contribution < 1.29 is 23.5 Å². The van der Waals surface area contributed by atoms with Gasteiger partial charge in [-0.3, -0.25) is 19.5 Å². The molecule has 2 N–H and O–H groups in total. The number of aryl methyl sites for hydroxylation is 1. The van der Waals surface area contributed by atoms with Gasteiger partial charge in [0.05, 0.1) is 30.2 Å². The van der Waals surface area contributed by atoms with E-state index >= 15 is 0 Å². The first kappa shape index (κ1) is 23.0. The van der Waals surface area contributed by atoms with Crippen LogP contribution in [0.2, 0.25) is 0 Å². The molecule has 0 spiro atoms. The van der Waals surface area contributed by atoms with Crippen LogP contribution in [-0.4, -0.2) is 69.6 Å². The third kappa shape index (κ3) is 4.61. The molecule has 14 heteroatoms. The first-order chi connectivity index (χ1) is 16.9. The van der Waals surface area contributed by atoms with Gasteiger partial charge in [0, 0.05) is 26.2 Å². The molecule has 0 radical (unpaired) electrons. The summed E-state index contributed by atoms with van der Waals surface area (Å²) in [5, 5.41) is 6.35. The van der Waals surface area contributed by atoms with Gasteiger partial charge in [-0.1, -0.05) is 11.8 Å². The molecule has 0 saturated carbocycles. The topological polar surface area (TPSA) is 141 Å². The third-order valence-corrected chi connectivity index (χ3v) is 6.39. The summed E-state index contributed by atoms with van der Waals surface area (Å²) in [4.78, 5) is 49.8. The van der Waals surface area contributed by atoms with Gasteiger partial charge < -0.3 is 24.7 Å². The zero-order chi connectivity index (χ0) is 24.5. The van der Waals surface area contributed by atoms with E-state index in [1.165, 1.54) is 46.6 Å². The molecule has 0 unspecified atom stereocenters. The fourth-order valence-corrected chi connectivity index (χ4v) is 4.42. The Morgan fingerprint density at radius 3 is 3.00 bits per heavy atom. The van der Waals surface area contributed by atoms with Crippen LogP contribution in [0.25, 0.3) is 11.0 Å². The molecule has 12 nitrogen and oxygen atoms in total. The Balaban J connectivity index is 1.15. The number of halogens is 1. The van der Waals surface area contributed by atoms with Crippen LogP contribution in [0.5, 0.6) is 5.75 Å². The maximum absolute atomic E-state index is 14.3. The Morgan fingerprint density at radius 2 is 2.14 bits per heavy atom. The summed E-state index contributed by atoms with van der Waals surface area (Å²) in [5.74, 6) is -0.0147. The average molecular weight is 502 g/mol. The Kier molecular flexibility index (Phi) is 6.21. The molecule has 3 aromatic rings. The van der Waals surface area contributed by atoms with Gasteiger partial charge in [-0.05, 0) is 6.07 Å². The number of hydrogen-bond donors (Lipinski definition) is 2. The zero-order valence-corrected chi connectivity index (χ0v) is 19.3. The number of amides is 2. The molecule has 1 saturated heterocycles. The molecule has 2 amide bonds. The van der Waals surface area contributed by atoms with Gasteiger partial charge in [0.25, 0.3) is 5.56 Å². The summed E-state index contributed by atoms with van der Waals surface area (Å²) >= 11 is 1.28. The SMILES string of the molecule is Cn1c(=O)ccc2ncc(F)c(OCCNC[C@H]3CN(c4cnc5c(n4)NC(=O)CS5)C(=O)O3)c21. The van der Waals surface area contributed by atoms with Crippen LogP contribution in [0.3, 0.4) is 0 Å². The molecule has 35 heavy (non-hydrogen) atoms. The highest BCUT2D eigenvalue weighted by atomic mass is 32.2. The summed E-state index contributed by atoms with van der Waals surface area (Å²) in [6.07, 6.45) is 1.50. The molecular weight excluding hydrogens is 481 g/mol. The number of ether oxygens (including phenoxy) is 2. The average Bonchev–Trinajstić information content (AvgIpc) is 3.22. The molecule has 0 aromatic carbocycles. The predicted molar refractivity (Wildman–Crippen MR) is 124 cm³/mol. The summed E-state index contributed by atoms with van der Waals surface area (Å²) in [6.45, 7) is 1.01. The minimum absolute atomic E-state index is 0.0493. The number of carbonyl (C=O) groups excluding carboxylic acids is 2. The van der Waals surface area contributed by atoms with Crippen LogP contribution >= 0.6 is 11.8 Å². The van der Waals surface area contributed by atoms with E-state index in [9.17, 15) is 18.8 Å². The van der Waals surface area contributed by atoms with Gasteiger partial charge >= 0.3 is 6.09 Å². The van der Waals surface area contributed by atoms with Gasteiger partial charge in [-0.25, -0.2) is 19.2 Å². The Morgan fingerprint density at radius 1 is 1.29 bits per heavy atom. The van der Waals surface area contributed by atoms with Crippen molar-refractivity contribution in [3.05, 3.63) is 40.7 Å². The normalized spacial score (nSPS) is 17.3. The molecule has 5 heterocycles. The number of thioether (sulfide) groups is 1. The fraction of sp³-hybridized carbons (Fsp3) is 0.333. The molecule has 1 fully saturated rings. The summed E-state index contributed by atoms with van der Waals surface area (Å²) in [6, 6.07) is 2.87. The molecule has 2 aliphatic heterocycles. The second-order valence-electron chi connectivity index (χ2n) is 7.79. The summed E-state index contributed by atoms with van der Waals surface area (Å²) in [5.41, 5.74) is 0.418. The highest BCUT2D eigenvalue weighted by Gasteiger charge is 2.34. The van der Waals surface area contributed by atoms with Crippen LogP contribution in [0, 0.1) is 5.82 Å². The summed E-state index contributed by atoms with van der Waals surface area (Å²) in [7, 11) is 1.52. The molecule has 0 aliphatic carbocycles. The lowest BCUT2D eigenvalue weighted by Crippen LogP contribution is -2.33. The van der Waals surface area contributed by atoms with Gasteiger partial charge in [0.1, 0.15) is 23.3 Å². The van der Waals surface area contributed by atoms with E-state index in [2.05, 4.69) is 25.6 Å². The van der Waals surface area contributed by atoms with Crippen molar-refractivity contribution in [3.8, 4) is 5.75 Å². The first-order valence-corrected chi connectivity index (χ1v) is 11.6. The number of pyridine rings is 2. The Hall–Kier alpha value is -3.78. The number of nitrogens with zero attached hydrogens (tertiary/aromatic N) is 5. The highest BCUT2D eigenvalue weighted by Crippen LogP contribution is 2.30. The van der Waals surface area contributed by atoms with E-state index in [0.717, 1.165) is 6.20 Å². The minimum Gasteiger partial charge on any atom is -0.487 e. The van der Waals surface area contributed by atoms with Crippen molar-refractivity contribution in [1.82, 2.24) is 24.8 Å². The lowest BCUT2D eigenvalue weighted by molar-refractivity contribution is -0.113. The van der Waals surface area contributed by atoms with Crippen LogP contribution < -0.4 is 25.8 Å². The second kappa shape index (κ2) is 9.46. The molecule has 1 atom stereocenters. The molecule has 0 bridgehead atoms. The lowest BCUT2D eigenvalue weighted by Gasteiger charge is -2.17. The molecule has 3 aromatic heterocycles. The van der Waals surface area contributed by atoms with Crippen molar-refractivity contribution in [3.63, 3.8) is 0 Å². The second-order valence-corrected chi connectivity index (χ2v) is 8.75. The number of cyclic esters (lactones) is 1. The van der Waals surface area contributed by atoms with E-state index in [1.807, 2.05) is 0 Å². The van der Waals surface area contributed by atoms with Gasteiger partial charge in [0.2, 0.25) is 5.91 Å². The van der Waals surface area contributed by atoms with Crippen molar-refractivity contribution >= 4 is 46.4 Å². The monoisotopic (exact) mass is 501 g/mol. The molecule has 182 valence electrons. The predicted octanol–water partition coefficient (Wildman–Crippen LogP) is 0.901. The number of hydrogen-bond acceptors (Lipinski definition) is 10. The third-order valence-electron chi connectivity index (χ3n) is 5.41. The molecular formula is C21H20FN7O5S. The number of rotatable bonds is 7. The largest absolute Gasteiger partial charge is 0.487 e. The number of carbonyl (C=O) groups is 2. The van der Waals surface area contributed by atoms with Crippen molar-refractivity contribution in [1.29, 1.82) is 0 Å². The fourth-order valence-electron chi connectivity index (χ4n) is 3.72. The first-order valence-electron chi connectivity index (χ1n) is 10.7. The number of aromatic nitrogens is 4. The van der Waals surface area contributed by atoms with E-state index in [0.29, 0.717) is 29.5 Å². The highest BCUT2D eigenvalue weighted by molar-refractivity contribution is 8.00. The smallest absolute Gasteiger partial charge is 0.416 e. The standard InChI is InChI=1S/C21H20FN7O5S/c1-28-16(31)3-2-13-17(28)18(12(22)7-24-13)33-5-4-23-6-11-9-29(21(32)34-11)14-8-25-20-19(26-14)27-15(30)10-35-20/h2-3,7-8,11,23H,4-6,9-10H2,1H3,(H,26,27,30)/t11-/m0/s1.